The second-order valence-corrected chi connectivity index (χ2v) is 5.08. The summed E-state index contributed by atoms with van der Waals surface area (Å²) in [4.78, 5) is 4.55. The summed E-state index contributed by atoms with van der Waals surface area (Å²) in [5.74, 6) is -1.56. The Kier molecular flexibility index (Phi) is 10.1. The van der Waals surface area contributed by atoms with Crippen LogP contribution in [0.15, 0.2) is 18.2 Å². The SMILES string of the molecule is CN(CCN1CCNCC1)Cc1ccc(F)c(F)c1.Cl.Cl. The lowest BCUT2D eigenvalue weighted by atomic mass is 10.2. The number of hydrogen-bond donors (Lipinski definition) is 1. The molecule has 0 unspecified atom stereocenters. The van der Waals surface area contributed by atoms with Gasteiger partial charge >= 0.3 is 0 Å². The molecule has 1 fully saturated rings. The molecule has 1 heterocycles. The van der Waals surface area contributed by atoms with Crippen molar-refractivity contribution >= 4 is 24.8 Å². The number of nitrogens with zero attached hydrogens (tertiary/aromatic N) is 2. The van der Waals surface area contributed by atoms with Crippen molar-refractivity contribution in [3.8, 4) is 0 Å². The molecular weight excluding hydrogens is 319 g/mol. The van der Waals surface area contributed by atoms with Gasteiger partial charge in [0, 0.05) is 45.8 Å². The fourth-order valence-electron chi connectivity index (χ4n) is 2.28. The summed E-state index contributed by atoms with van der Waals surface area (Å²) in [5, 5.41) is 3.32. The van der Waals surface area contributed by atoms with E-state index >= 15 is 0 Å². The number of rotatable bonds is 5. The van der Waals surface area contributed by atoms with Crippen LogP contribution in [0.2, 0.25) is 0 Å². The van der Waals surface area contributed by atoms with Crippen LogP contribution in [-0.2, 0) is 6.54 Å². The van der Waals surface area contributed by atoms with Gasteiger partial charge in [0.25, 0.3) is 0 Å². The number of hydrogen-bond acceptors (Lipinski definition) is 3. The maximum Gasteiger partial charge on any atom is 0.159 e. The molecule has 7 heteroatoms. The molecule has 0 amide bonds. The molecule has 2 rings (SSSR count). The van der Waals surface area contributed by atoms with E-state index in [0.717, 1.165) is 44.8 Å². The van der Waals surface area contributed by atoms with Crippen molar-refractivity contribution in [3.63, 3.8) is 0 Å². The van der Waals surface area contributed by atoms with Crippen molar-refractivity contribution in [2.45, 2.75) is 6.54 Å². The quantitative estimate of drug-likeness (QED) is 0.885. The number of benzene rings is 1. The molecule has 1 aliphatic rings. The first kappa shape index (κ1) is 20.5. The predicted molar refractivity (Wildman–Crippen MR) is 86.5 cm³/mol. The number of nitrogens with one attached hydrogen (secondary N) is 1. The minimum absolute atomic E-state index is 0. The van der Waals surface area contributed by atoms with Crippen molar-refractivity contribution < 1.29 is 8.78 Å². The van der Waals surface area contributed by atoms with Crippen LogP contribution in [-0.4, -0.2) is 56.1 Å². The minimum Gasteiger partial charge on any atom is -0.314 e. The van der Waals surface area contributed by atoms with E-state index < -0.39 is 11.6 Å². The second kappa shape index (κ2) is 10.3. The highest BCUT2D eigenvalue weighted by Crippen LogP contribution is 2.10. The van der Waals surface area contributed by atoms with E-state index in [1.165, 1.54) is 12.1 Å². The standard InChI is InChI=1S/C14H21F2N3.2ClH/c1-18(8-9-19-6-4-17-5-7-19)11-12-2-3-13(15)14(16)10-12;;/h2-3,10,17H,4-9,11H2,1H3;2*1H. The first-order valence-electron chi connectivity index (χ1n) is 6.71. The van der Waals surface area contributed by atoms with Gasteiger partial charge < -0.3 is 10.2 Å². The Morgan fingerprint density at radius 2 is 1.81 bits per heavy atom. The van der Waals surface area contributed by atoms with Gasteiger partial charge in [-0.15, -0.1) is 24.8 Å². The molecule has 1 aromatic carbocycles. The van der Waals surface area contributed by atoms with Gasteiger partial charge in [-0.25, -0.2) is 8.78 Å². The molecule has 0 bridgehead atoms. The van der Waals surface area contributed by atoms with Crippen molar-refractivity contribution in [2.75, 3.05) is 46.3 Å². The van der Waals surface area contributed by atoms with E-state index in [2.05, 4.69) is 15.1 Å². The summed E-state index contributed by atoms with van der Waals surface area (Å²) >= 11 is 0. The molecule has 0 radical (unpaired) electrons. The molecule has 3 nitrogen and oxygen atoms in total. The molecule has 0 atom stereocenters. The van der Waals surface area contributed by atoms with Gasteiger partial charge in [-0.3, -0.25) is 4.90 Å². The van der Waals surface area contributed by atoms with Gasteiger partial charge in [-0.2, -0.15) is 0 Å². The molecule has 1 saturated heterocycles. The Hall–Kier alpha value is -0.460. The van der Waals surface area contributed by atoms with Crippen LogP contribution in [0.5, 0.6) is 0 Å². The zero-order chi connectivity index (χ0) is 13.7. The lowest BCUT2D eigenvalue weighted by Gasteiger charge is -2.29. The van der Waals surface area contributed by atoms with Crippen LogP contribution in [0.4, 0.5) is 8.78 Å². The van der Waals surface area contributed by atoms with Crippen molar-refractivity contribution in [1.82, 2.24) is 15.1 Å². The first-order chi connectivity index (χ1) is 9.15. The Bertz CT molecular complexity index is 415. The normalized spacial score (nSPS) is 15.4. The number of likely N-dealkylation sites (N-methyl/N-ethyl adjacent to an activating group) is 1. The van der Waals surface area contributed by atoms with Crippen LogP contribution in [0, 0.1) is 11.6 Å². The van der Waals surface area contributed by atoms with Crippen molar-refractivity contribution in [2.24, 2.45) is 0 Å². The highest BCUT2D eigenvalue weighted by atomic mass is 35.5. The summed E-state index contributed by atoms with van der Waals surface area (Å²) in [5.41, 5.74) is 0.807. The van der Waals surface area contributed by atoms with Crippen molar-refractivity contribution in [1.29, 1.82) is 0 Å². The first-order valence-corrected chi connectivity index (χ1v) is 6.71. The fourth-order valence-corrected chi connectivity index (χ4v) is 2.28. The van der Waals surface area contributed by atoms with E-state index in [0.29, 0.717) is 6.54 Å². The van der Waals surface area contributed by atoms with Crippen LogP contribution < -0.4 is 5.32 Å². The summed E-state index contributed by atoms with van der Waals surface area (Å²) in [7, 11) is 2.00. The number of piperazine rings is 1. The Morgan fingerprint density at radius 1 is 1.14 bits per heavy atom. The molecule has 0 saturated carbocycles. The lowest BCUT2D eigenvalue weighted by Crippen LogP contribution is -2.45. The van der Waals surface area contributed by atoms with E-state index in [1.807, 2.05) is 7.05 Å². The van der Waals surface area contributed by atoms with E-state index in [1.54, 1.807) is 6.07 Å². The predicted octanol–water partition coefficient (Wildman–Crippen LogP) is 2.15. The zero-order valence-electron chi connectivity index (χ0n) is 12.1. The highest BCUT2D eigenvalue weighted by molar-refractivity contribution is 5.85. The van der Waals surface area contributed by atoms with Gasteiger partial charge in [0.05, 0.1) is 0 Å². The van der Waals surface area contributed by atoms with Gasteiger partial charge in [0.15, 0.2) is 11.6 Å². The molecule has 0 spiro atoms. The Labute approximate surface area is 137 Å². The largest absolute Gasteiger partial charge is 0.314 e. The Morgan fingerprint density at radius 3 is 2.43 bits per heavy atom. The van der Waals surface area contributed by atoms with Crippen molar-refractivity contribution in [3.05, 3.63) is 35.4 Å². The van der Waals surface area contributed by atoms with Gasteiger partial charge in [0.1, 0.15) is 0 Å². The van der Waals surface area contributed by atoms with Crippen LogP contribution in [0.3, 0.4) is 0 Å². The third kappa shape index (κ3) is 6.89. The molecule has 1 N–H and O–H groups in total. The van der Waals surface area contributed by atoms with Gasteiger partial charge in [-0.1, -0.05) is 6.07 Å². The smallest absolute Gasteiger partial charge is 0.159 e. The molecule has 0 aromatic heterocycles. The number of halogens is 4. The third-order valence-corrected chi connectivity index (χ3v) is 3.44. The lowest BCUT2D eigenvalue weighted by molar-refractivity contribution is 0.202. The average molecular weight is 342 g/mol. The molecule has 0 aliphatic carbocycles. The maximum atomic E-state index is 13.1. The zero-order valence-corrected chi connectivity index (χ0v) is 13.8. The van der Waals surface area contributed by atoms with Crippen LogP contribution >= 0.6 is 24.8 Å². The monoisotopic (exact) mass is 341 g/mol. The summed E-state index contributed by atoms with van der Waals surface area (Å²) in [6.07, 6.45) is 0. The minimum atomic E-state index is -0.785. The molecule has 1 aromatic rings. The molecular formula is C14H23Cl2F2N3. The molecule has 122 valence electrons. The molecule has 1 aliphatic heterocycles. The van der Waals surface area contributed by atoms with E-state index in [4.69, 9.17) is 0 Å². The van der Waals surface area contributed by atoms with E-state index in [9.17, 15) is 8.78 Å². The summed E-state index contributed by atoms with van der Waals surface area (Å²) in [6.45, 7) is 6.85. The van der Waals surface area contributed by atoms with Gasteiger partial charge in [0.2, 0.25) is 0 Å². The average Bonchev–Trinajstić information content (AvgIpc) is 2.42. The maximum absolute atomic E-state index is 13.1. The third-order valence-electron chi connectivity index (χ3n) is 3.44. The topological polar surface area (TPSA) is 18.5 Å². The van der Waals surface area contributed by atoms with E-state index in [-0.39, 0.29) is 24.8 Å². The molecule has 21 heavy (non-hydrogen) atoms. The van der Waals surface area contributed by atoms with Crippen LogP contribution in [0.25, 0.3) is 0 Å². The van der Waals surface area contributed by atoms with Crippen LogP contribution in [0.1, 0.15) is 5.56 Å². The highest BCUT2D eigenvalue weighted by Gasteiger charge is 2.10. The second-order valence-electron chi connectivity index (χ2n) is 5.08. The fraction of sp³-hybridized carbons (Fsp3) is 0.571. The Balaban J connectivity index is 0.00000200. The van der Waals surface area contributed by atoms with Gasteiger partial charge in [-0.05, 0) is 24.7 Å². The summed E-state index contributed by atoms with van der Waals surface area (Å²) < 4.78 is 25.9. The summed E-state index contributed by atoms with van der Waals surface area (Å²) in [6, 6.07) is 4.10.